The Labute approximate surface area is 79.5 Å². The first-order chi connectivity index (χ1) is 6.29. The van der Waals surface area contributed by atoms with E-state index in [1.165, 1.54) is 11.3 Å². The maximum Gasteiger partial charge on any atom is 0.199 e. The molecule has 0 bridgehead atoms. The summed E-state index contributed by atoms with van der Waals surface area (Å²) in [6.07, 6.45) is 0. The van der Waals surface area contributed by atoms with Gasteiger partial charge in [0.05, 0.1) is 5.51 Å². The summed E-state index contributed by atoms with van der Waals surface area (Å²) in [5, 5.41) is 9.64. The van der Waals surface area contributed by atoms with Crippen molar-refractivity contribution in [3.8, 4) is 16.3 Å². The van der Waals surface area contributed by atoms with Gasteiger partial charge in [-0.2, -0.15) is 0 Å². The molecular formula is C9H8N2OS. The molecule has 1 heterocycles. The zero-order valence-electron chi connectivity index (χ0n) is 6.77. The third-order valence-electron chi connectivity index (χ3n) is 1.76. The van der Waals surface area contributed by atoms with Crippen molar-refractivity contribution in [2.24, 2.45) is 0 Å². The first-order valence-electron chi connectivity index (χ1n) is 3.76. The molecule has 0 radical (unpaired) electrons. The van der Waals surface area contributed by atoms with E-state index in [0.29, 0.717) is 11.4 Å². The Kier molecular flexibility index (Phi) is 1.90. The van der Waals surface area contributed by atoms with Crippen molar-refractivity contribution in [2.45, 2.75) is 0 Å². The summed E-state index contributed by atoms with van der Waals surface area (Å²) >= 11 is 1.20. The minimum Gasteiger partial charge on any atom is -0.498 e. The normalized spacial score (nSPS) is 10.2. The summed E-state index contributed by atoms with van der Waals surface area (Å²) in [4.78, 5) is 4.04. The Morgan fingerprint density at radius 2 is 2.08 bits per heavy atom. The van der Waals surface area contributed by atoms with Crippen LogP contribution < -0.4 is 5.73 Å². The van der Waals surface area contributed by atoms with E-state index in [1.807, 2.05) is 18.2 Å². The smallest absolute Gasteiger partial charge is 0.199 e. The van der Waals surface area contributed by atoms with Crippen LogP contribution in [0.1, 0.15) is 0 Å². The van der Waals surface area contributed by atoms with Crippen molar-refractivity contribution in [3.05, 3.63) is 29.8 Å². The Hall–Kier alpha value is -1.55. The number of hydrogen-bond donors (Lipinski definition) is 2. The van der Waals surface area contributed by atoms with Crippen molar-refractivity contribution < 1.29 is 5.11 Å². The van der Waals surface area contributed by atoms with Crippen LogP contribution in [0.15, 0.2) is 29.8 Å². The summed E-state index contributed by atoms with van der Waals surface area (Å²) in [5.41, 5.74) is 9.29. The lowest BCUT2D eigenvalue weighted by atomic mass is 10.1. The fourth-order valence-electron chi connectivity index (χ4n) is 1.14. The van der Waals surface area contributed by atoms with Crippen LogP contribution in [0, 0.1) is 0 Å². The number of benzene rings is 1. The van der Waals surface area contributed by atoms with Gasteiger partial charge in [-0.15, -0.1) is 0 Å². The van der Waals surface area contributed by atoms with Crippen LogP contribution in [-0.2, 0) is 0 Å². The molecular weight excluding hydrogens is 184 g/mol. The van der Waals surface area contributed by atoms with Crippen LogP contribution in [0.5, 0.6) is 5.06 Å². The number of thiazole rings is 1. The molecule has 0 aliphatic rings. The minimum absolute atomic E-state index is 0.206. The predicted octanol–water partition coefficient (Wildman–Crippen LogP) is 2.10. The summed E-state index contributed by atoms with van der Waals surface area (Å²) in [6.45, 7) is 0. The molecule has 0 spiro atoms. The lowest BCUT2D eigenvalue weighted by Crippen LogP contribution is -1.88. The molecule has 2 rings (SSSR count). The number of rotatable bonds is 1. The van der Waals surface area contributed by atoms with Gasteiger partial charge in [-0.3, -0.25) is 0 Å². The molecule has 0 saturated carbocycles. The zero-order chi connectivity index (χ0) is 9.26. The molecule has 4 heteroatoms. The fourth-order valence-corrected chi connectivity index (χ4v) is 1.67. The molecule has 1 aromatic heterocycles. The van der Waals surface area contributed by atoms with Gasteiger partial charge in [0.25, 0.3) is 0 Å². The second-order valence-electron chi connectivity index (χ2n) is 2.59. The largest absolute Gasteiger partial charge is 0.498 e. The van der Waals surface area contributed by atoms with Crippen LogP contribution >= 0.6 is 11.3 Å². The molecule has 0 unspecified atom stereocenters. The number of hydrogen-bond acceptors (Lipinski definition) is 4. The average molecular weight is 192 g/mol. The fraction of sp³-hybridized carbons (Fsp3) is 0. The lowest BCUT2D eigenvalue weighted by Gasteiger charge is -2.01. The van der Waals surface area contributed by atoms with E-state index in [4.69, 9.17) is 5.73 Å². The van der Waals surface area contributed by atoms with E-state index in [-0.39, 0.29) is 5.06 Å². The van der Waals surface area contributed by atoms with Gasteiger partial charge in [0.1, 0.15) is 5.69 Å². The predicted molar refractivity (Wildman–Crippen MR) is 53.6 cm³/mol. The number of nitrogens with zero attached hydrogens (tertiary/aromatic N) is 1. The molecule has 0 atom stereocenters. The van der Waals surface area contributed by atoms with E-state index in [0.717, 1.165) is 5.56 Å². The zero-order valence-corrected chi connectivity index (χ0v) is 7.58. The maximum absolute atomic E-state index is 9.43. The highest BCUT2D eigenvalue weighted by Crippen LogP contribution is 2.34. The molecule has 13 heavy (non-hydrogen) atoms. The third kappa shape index (κ3) is 1.36. The van der Waals surface area contributed by atoms with Gasteiger partial charge in [0.2, 0.25) is 0 Å². The molecule has 3 N–H and O–H groups in total. The van der Waals surface area contributed by atoms with Crippen LogP contribution in [0.2, 0.25) is 0 Å². The quantitative estimate of drug-likeness (QED) is 0.680. The van der Waals surface area contributed by atoms with Gasteiger partial charge in [0, 0.05) is 11.3 Å². The van der Waals surface area contributed by atoms with Crippen LogP contribution in [0.25, 0.3) is 11.3 Å². The summed E-state index contributed by atoms with van der Waals surface area (Å²) in [5.74, 6) is 0. The first kappa shape index (κ1) is 8.07. The third-order valence-corrected chi connectivity index (χ3v) is 2.39. The number of nitrogen functional groups attached to an aromatic ring is 1. The topological polar surface area (TPSA) is 59.1 Å². The van der Waals surface area contributed by atoms with Gasteiger partial charge < -0.3 is 10.8 Å². The number of aromatic nitrogens is 1. The summed E-state index contributed by atoms with van der Waals surface area (Å²) < 4.78 is 0. The van der Waals surface area contributed by atoms with E-state index in [1.54, 1.807) is 11.6 Å². The van der Waals surface area contributed by atoms with Gasteiger partial charge >= 0.3 is 0 Å². The van der Waals surface area contributed by atoms with Crippen LogP contribution in [0.3, 0.4) is 0 Å². The van der Waals surface area contributed by atoms with Crippen molar-refractivity contribution in [1.82, 2.24) is 4.98 Å². The van der Waals surface area contributed by atoms with E-state index < -0.39 is 0 Å². The lowest BCUT2D eigenvalue weighted by molar-refractivity contribution is 0.491. The van der Waals surface area contributed by atoms with Crippen LogP contribution in [-0.4, -0.2) is 10.1 Å². The summed E-state index contributed by atoms with van der Waals surface area (Å²) in [7, 11) is 0. The Morgan fingerprint density at radius 3 is 2.69 bits per heavy atom. The minimum atomic E-state index is 0.206. The summed E-state index contributed by atoms with van der Waals surface area (Å²) in [6, 6.07) is 7.34. The molecule has 66 valence electrons. The number of anilines is 1. The van der Waals surface area contributed by atoms with E-state index in [9.17, 15) is 5.11 Å². The number of nitrogens with two attached hydrogens (primary N) is 1. The van der Waals surface area contributed by atoms with Crippen molar-refractivity contribution in [3.63, 3.8) is 0 Å². The molecule has 1 aromatic carbocycles. The monoisotopic (exact) mass is 192 g/mol. The van der Waals surface area contributed by atoms with Crippen molar-refractivity contribution in [1.29, 1.82) is 0 Å². The van der Waals surface area contributed by atoms with Gasteiger partial charge in [-0.25, -0.2) is 4.98 Å². The van der Waals surface area contributed by atoms with Gasteiger partial charge in [-0.1, -0.05) is 29.5 Å². The first-order valence-corrected chi connectivity index (χ1v) is 4.64. The molecule has 0 aliphatic carbocycles. The molecule has 0 aliphatic heterocycles. The van der Waals surface area contributed by atoms with Crippen molar-refractivity contribution in [2.75, 3.05) is 5.73 Å². The van der Waals surface area contributed by atoms with Crippen LogP contribution in [0.4, 0.5) is 5.69 Å². The Bertz CT molecular complexity index is 425. The Balaban J connectivity index is 2.59. The van der Waals surface area contributed by atoms with Gasteiger partial charge in [0.15, 0.2) is 5.06 Å². The highest BCUT2D eigenvalue weighted by atomic mass is 32.1. The van der Waals surface area contributed by atoms with Crippen molar-refractivity contribution >= 4 is 17.0 Å². The van der Waals surface area contributed by atoms with E-state index in [2.05, 4.69) is 4.98 Å². The number of aromatic hydroxyl groups is 1. The second-order valence-corrected chi connectivity index (χ2v) is 3.43. The molecule has 0 amide bonds. The van der Waals surface area contributed by atoms with E-state index >= 15 is 0 Å². The highest BCUT2D eigenvalue weighted by molar-refractivity contribution is 7.11. The second kappa shape index (κ2) is 3.06. The molecule has 0 saturated heterocycles. The average Bonchev–Trinajstić information content (AvgIpc) is 2.52. The maximum atomic E-state index is 9.43. The molecule has 2 aromatic rings. The molecule has 0 fully saturated rings. The van der Waals surface area contributed by atoms with Gasteiger partial charge in [-0.05, 0) is 6.07 Å². The Morgan fingerprint density at radius 1 is 1.31 bits per heavy atom. The standard InChI is InChI=1S/C9H8N2OS/c10-7-4-2-1-3-6(7)8-9(12)13-5-11-8/h1-5,12H,10H2. The molecule has 3 nitrogen and oxygen atoms in total. The SMILES string of the molecule is Nc1ccccc1-c1ncsc1O. The highest BCUT2D eigenvalue weighted by Gasteiger charge is 2.09. The number of para-hydroxylation sites is 1.